The van der Waals surface area contributed by atoms with Crippen LogP contribution in [-0.4, -0.2) is 17.0 Å². The van der Waals surface area contributed by atoms with Gasteiger partial charge in [0.15, 0.2) is 0 Å². The standard InChI is InChI=1S/C15H21NO3/c1-11-4-6-12(7-5-11)10-16-13(17)8-15(2,3)9-14(18)19/h4-7H,8-10H2,1-3H3,(H,16,17)(H,18,19). The van der Waals surface area contributed by atoms with E-state index >= 15 is 0 Å². The second-order valence-electron chi connectivity index (χ2n) is 5.67. The average molecular weight is 263 g/mol. The fourth-order valence-corrected chi connectivity index (χ4v) is 1.88. The van der Waals surface area contributed by atoms with Gasteiger partial charge < -0.3 is 10.4 Å². The van der Waals surface area contributed by atoms with Gasteiger partial charge in [-0.05, 0) is 17.9 Å². The van der Waals surface area contributed by atoms with Gasteiger partial charge in [-0.1, -0.05) is 43.7 Å². The van der Waals surface area contributed by atoms with E-state index in [1.54, 1.807) is 13.8 Å². The second kappa shape index (κ2) is 6.36. The highest BCUT2D eigenvalue weighted by atomic mass is 16.4. The van der Waals surface area contributed by atoms with Crippen molar-refractivity contribution in [3.05, 3.63) is 35.4 Å². The Balaban J connectivity index is 2.43. The van der Waals surface area contributed by atoms with Crippen LogP contribution in [0.15, 0.2) is 24.3 Å². The lowest BCUT2D eigenvalue weighted by molar-refractivity contribution is -0.139. The molecule has 0 saturated heterocycles. The second-order valence-corrected chi connectivity index (χ2v) is 5.67. The van der Waals surface area contributed by atoms with E-state index in [2.05, 4.69) is 5.32 Å². The third-order valence-electron chi connectivity index (χ3n) is 2.88. The quantitative estimate of drug-likeness (QED) is 0.828. The summed E-state index contributed by atoms with van der Waals surface area (Å²) < 4.78 is 0. The normalized spacial score (nSPS) is 11.1. The number of rotatable bonds is 6. The summed E-state index contributed by atoms with van der Waals surface area (Å²) in [5.74, 6) is -0.997. The van der Waals surface area contributed by atoms with Crippen LogP contribution in [0.25, 0.3) is 0 Å². The number of hydrogen-bond donors (Lipinski definition) is 2. The molecule has 1 amide bonds. The minimum Gasteiger partial charge on any atom is -0.481 e. The zero-order valence-electron chi connectivity index (χ0n) is 11.7. The summed E-state index contributed by atoms with van der Waals surface area (Å²) in [7, 11) is 0. The van der Waals surface area contributed by atoms with Gasteiger partial charge in [-0.15, -0.1) is 0 Å². The molecule has 4 heteroatoms. The van der Waals surface area contributed by atoms with Crippen LogP contribution >= 0.6 is 0 Å². The number of aliphatic carboxylic acids is 1. The SMILES string of the molecule is Cc1ccc(CNC(=O)CC(C)(C)CC(=O)O)cc1. The van der Waals surface area contributed by atoms with Crippen LogP contribution in [-0.2, 0) is 16.1 Å². The molecule has 19 heavy (non-hydrogen) atoms. The van der Waals surface area contributed by atoms with Gasteiger partial charge in [0.2, 0.25) is 5.91 Å². The molecule has 0 fully saturated rings. The Kier molecular flexibility index (Phi) is 5.10. The molecule has 0 heterocycles. The van der Waals surface area contributed by atoms with E-state index in [4.69, 9.17) is 5.11 Å². The number of carbonyl (C=O) groups excluding carboxylic acids is 1. The van der Waals surface area contributed by atoms with E-state index in [-0.39, 0.29) is 18.7 Å². The topological polar surface area (TPSA) is 66.4 Å². The predicted molar refractivity (Wildman–Crippen MR) is 73.7 cm³/mol. The molecular formula is C15H21NO3. The molecule has 0 aliphatic heterocycles. The number of carbonyl (C=O) groups is 2. The van der Waals surface area contributed by atoms with Gasteiger partial charge in [0, 0.05) is 13.0 Å². The predicted octanol–water partition coefficient (Wildman–Crippen LogP) is 2.50. The molecule has 1 rings (SSSR count). The number of hydrogen-bond acceptors (Lipinski definition) is 2. The van der Waals surface area contributed by atoms with Gasteiger partial charge >= 0.3 is 5.97 Å². The highest BCUT2D eigenvalue weighted by Gasteiger charge is 2.24. The molecule has 4 nitrogen and oxygen atoms in total. The Morgan fingerprint density at radius 1 is 1.16 bits per heavy atom. The van der Waals surface area contributed by atoms with Gasteiger partial charge in [-0.2, -0.15) is 0 Å². The summed E-state index contributed by atoms with van der Waals surface area (Å²) in [6, 6.07) is 7.93. The van der Waals surface area contributed by atoms with Crippen LogP contribution < -0.4 is 5.32 Å². The Morgan fingerprint density at radius 2 is 1.74 bits per heavy atom. The number of aryl methyl sites for hydroxylation is 1. The first-order valence-electron chi connectivity index (χ1n) is 6.32. The van der Waals surface area contributed by atoms with E-state index in [0.717, 1.165) is 5.56 Å². The maximum Gasteiger partial charge on any atom is 0.303 e. The summed E-state index contributed by atoms with van der Waals surface area (Å²) in [4.78, 5) is 22.5. The zero-order chi connectivity index (χ0) is 14.5. The van der Waals surface area contributed by atoms with Crippen molar-refractivity contribution in [2.24, 2.45) is 5.41 Å². The lowest BCUT2D eigenvalue weighted by atomic mass is 9.85. The number of carboxylic acids is 1. The van der Waals surface area contributed by atoms with E-state index in [1.807, 2.05) is 31.2 Å². The van der Waals surface area contributed by atoms with Crippen molar-refractivity contribution in [2.75, 3.05) is 0 Å². The number of nitrogens with one attached hydrogen (secondary N) is 1. The molecule has 0 saturated carbocycles. The first-order chi connectivity index (χ1) is 8.78. The lowest BCUT2D eigenvalue weighted by Crippen LogP contribution is -2.29. The summed E-state index contributed by atoms with van der Waals surface area (Å²) in [6.45, 7) is 6.05. The molecule has 0 bridgehead atoms. The van der Waals surface area contributed by atoms with Crippen molar-refractivity contribution >= 4 is 11.9 Å². The first kappa shape index (κ1) is 15.2. The van der Waals surface area contributed by atoms with Crippen molar-refractivity contribution in [3.63, 3.8) is 0 Å². The Hall–Kier alpha value is -1.84. The molecule has 2 N–H and O–H groups in total. The fraction of sp³-hybridized carbons (Fsp3) is 0.467. The highest BCUT2D eigenvalue weighted by Crippen LogP contribution is 2.24. The molecular weight excluding hydrogens is 242 g/mol. The van der Waals surface area contributed by atoms with Crippen molar-refractivity contribution in [1.82, 2.24) is 5.32 Å². The molecule has 0 aliphatic rings. The molecule has 0 unspecified atom stereocenters. The Bertz CT molecular complexity index is 449. The highest BCUT2D eigenvalue weighted by molar-refractivity contribution is 5.77. The van der Waals surface area contributed by atoms with Gasteiger partial charge in [0.25, 0.3) is 0 Å². The van der Waals surface area contributed by atoms with Crippen LogP contribution in [0.4, 0.5) is 0 Å². The fourth-order valence-electron chi connectivity index (χ4n) is 1.88. The monoisotopic (exact) mass is 263 g/mol. The van der Waals surface area contributed by atoms with Crippen molar-refractivity contribution in [3.8, 4) is 0 Å². The van der Waals surface area contributed by atoms with Gasteiger partial charge in [0.05, 0.1) is 6.42 Å². The first-order valence-corrected chi connectivity index (χ1v) is 6.32. The van der Waals surface area contributed by atoms with Crippen molar-refractivity contribution < 1.29 is 14.7 Å². The molecule has 0 aromatic heterocycles. The van der Waals surface area contributed by atoms with Crippen molar-refractivity contribution in [1.29, 1.82) is 0 Å². The molecule has 0 radical (unpaired) electrons. The zero-order valence-corrected chi connectivity index (χ0v) is 11.7. The summed E-state index contributed by atoms with van der Waals surface area (Å²) >= 11 is 0. The summed E-state index contributed by atoms with van der Waals surface area (Å²) in [6.07, 6.45) is 0.204. The van der Waals surface area contributed by atoms with Crippen molar-refractivity contribution in [2.45, 2.75) is 40.2 Å². The van der Waals surface area contributed by atoms with Gasteiger partial charge in [0.1, 0.15) is 0 Å². The van der Waals surface area contributed by atoms with Gasteiger partial charge in [-0.3, -0.25) is 9.59 Å². The number of carboxylic acid groups (broad SMARTS) is 1. The maximum absolute atomic E-state index is 11.8. The van der Waals surface area contributed by atoms with Crippen LogP contribution in [0.3, 0.4) is 0 Å². The average Bonchev–Trinajstić information content (AvgIpc) is 2.25. The van der Waals surface area contributed by atoms with Crippen LogP contribution in [0.1, 0.15) is 37.8 Å². The molecule has 0 aliphatic carbocycles. The Morgan fingerprint density at radius 3 is 2.26 bits per heavy atom. The van der Waals surface area contributed by atoms with E-state index in [1.165, 1.54) is 5.56 Å². The lowest BCUT2D eigenvalue weighted by Gasteiger charge is -2.21. The van der Waals surface area contributed by atoms with E-state index < -0.39 is 11.4 Å². The van der Waals surface area contributed by atoms with E-state index in [9.17, 15) is 9.59 Å². The van der Waals surface area contributed by atoms with Crippen LogP contribution in [0, 0.1) is 12.3 Å². The molecule has 0 atom stereocenters. The third-order valence-corrected chi connectivity index (χ3v) is 2.88. The van der Waals surface area contributed by atoms with Crippen LogP contribution in [0.2, 0.25) is 0 Å². The maximum atomic E-state index is 11.8. The number of benzene rings is 1. The molecule has 1 aromatic rings. The van der Waals surface area contributed by atoms with Crippen LogP contribution in [0.5, 0.6) is 0 Å². The largest absolute Gasteiger partial charge is 0.481 e. The van der Waals surface area contributed by atoms with Gasteiger partial charge in [-0.25, -0.2) is 0 Å². The molecule has 104 valence electrons. The Labute approximate surface area is 113 Å². The summed E-state index contributed by atoms with van der Waals surface area (Å²) in [5, 5.41) is 11.6. The molecule has 1 aromatic carbocycles. The minimum absolute atomic E-state index is 0.00898. The smallest absolute Gasteiger partial charge is 0.303 e. The third kappa shape index (κ3) is 6.04. The summed E-state index contributed by atoms with van der Waals surface area (Å²) in [5.41, 5.74) is 1.69. The molecule has 0 spiro atoms. The minimum atomic E-state index is -0.878. The van der Waals surface area contributed by atoms with E-state index in [0.29, 0.717) is 6.54 Å². The number of amides is 1.